The van der Waals surface area contributed by atoms with Crippen molar-refractivity contribution in [1.29, 1.82) is 0 Å². The number of carbonyl (C=O) groups excluding carboxylic acids is 1. The standard InChI is InChI=1S/C24H36O3/c1-14-8-9-18-21(4,5)19(26)10-11-23(18,7)24(14)13-22(6)15(2)12-17(25)16(3)20(22)27-24/h12,14,18-19,26H,8-11,13H2,1-7H3/t14-,18-,19-,22+,23-,24-/m0/s1. The second-order valence-electron chi connectivity index (χ2n) is 11.0. The lowest BCUT2D eigenvalue weighted by Gasteiger charge is -2.64. The van der Waals surface area contributed by atoms with Gasteiger partial charge in [-0.25, -0.2) is 0 Å². The van der Waals surface area contributed by atoms with Gasteiger partial charge in [0, 0.05) is 17.4 Å². The Morgan fingerprint density at radius 3 is 2.44 bits per heavy atom. The van der Waals surface area contributed by atoms with Crippen molar-refractivity contribution in [3.8, 4) is 0 Å². The van der Waals surface area contributed by atoms with Gasteiger partial charge in [0.1, 0.15) is 11.4 Å². The minimum absolute atomic E-state index is 0.00432. The number of allylic oxidation sites excluding steroid dienone is 3. The highest BCUT2D eigenvalue weighted by Crippen LogP contribution is 2.70. The van der Waals surface area contributed by atoms with Crippen molar-refractivity contribution in [2.45, 2.75) is 92.3 Å². The predicted octanol–water partition coefficient (Wildman–Crippen LogP) is 5.19. The molecule has 4 rings (SSSR count). The van der Waals surface area contributed by atoms with Crippen LogP contribution in [0.3, 0.4) is 0 Å². The monoisotopic (exact) mass is 372 g/mol. The van der Waals surface area contributed by atoms with E-state index in [1.807, 2.05) is 13.0 Å². The van der Waals surface area contributed by atoms with Gasteiger partial charge in [-0.05, 0) is 69.8 Å². The summed E-state index contributed by atoms with van der Waals surface area (Å²) in [6.07, 6.45) is 6.62. The third-order valence-electron chi connectivity index (χ3n) is 9.44. The van der Waals surface area contributed by atoms with Crippen LogP contribution in [0.1, 0.15) is 80.6 Å². The summed E-state index contributed by atoms with van der Waals surface area (Å²) >= 11 is 0. The molecule has 4 aliphatic rings. The first-order valence-corrected chi connectivity index (χ1v) is 10.7. The molecule has 2 saturated carbocycles. The van der Waals surface area contributed by atoms with Crippen LogP contribution in [0.4, 0.5) is 0 Å². The first-order chi connectivity index (χ1) is 12.4. The molecule has 0 aromatic heterocycles. The number of ketones is 1. The fourth-order valence-electron chi connectivity index (χ4n) is 7.36. The number of fused-ring (bicyclic) bond motifs is 3. The quantitative estimate of drug-likeness (QED) is 0.637. The zero-order chi connectivity index (χ0) is 20.0. The topological polar surface area (TPSA) is 46.5 Å². The number of hydrogen-bond donors (Lipinski definition) is 1. The van der Waals surface area contributed by atoms with E-state index in [-0.39, 0.29) is 33.7 Å². The van der Waals surface area contributed by atoms with E-state index in [0.717, 1.165) is 49.0 Å². The number of aliphatic hydroxyl groups excluding tert-OH is 1. The Balaban J connectivity index is 1.88. The van der Waals surface area contributed by atoms with Crippen molar-refractivity contribution >= 4 is 5.78 Å². The van der Waals surface area contributed by atoms with Crippen molar-refractivity contribution < 1.29 is 14.6 Å². The highest BCUT2D eigenvalue weighted by atomic mass is 16.5. The summed E-state index contributed by atoms with van der Waals surface area (Å²) in [5, 5.41) is 10.8. The van der Waals surface area contributed by atoms with E-state index in [2.05, 4.69) is 41.5 Å². The molecule has 0 bridgehead atoms. The minimum Gasteiger partial charge on any atom is -0.489 e. The summed E-state index contributed by atoms with van der Waals surface area (Å²) in [4.78, 5) is 12.5. The maximum Gasteiger partial charge on any atom is 0.184 e. The van der Waals surface area contributed by atoms with Crippen molar-refractivity contribution in [3.05, 3.63) is 23.0 Å². The average molecular weight is 373 g/mol. The van der Waals surface area contributed by atoms with Crippen LogP contribution in [-0.4, -0.2) is 22.6 Å². The Hall–Kier alpha value is -1.09. The molecule has 27 heavy (non-hydrogen) atoms. The molecule has 0 aromatic carbocycles. The highest BCUT2D eigenvalue weighted by molar-refractivity contribution is 6.06. The summed E-state index contributed by atoms with van der Waals surface area (Å²) in [6.45, 7) is 15.5. The molecule has 1 aliphatic heterocycles. The Bertz CT molecular complexity index is 760. The van der Waals surface area contributed by atoms with E-state index >= 15 is 0 Å². The van der Waals surface area contributed by atoms with Crippen LogP contribution < -0.4 is 0 Å². The molecular weight excluding hydrogens is 336 g/mol. The van der Waals surface area contributed by atoms with Gasteiger partial charge < -0.3 is 9.84 Å². The van der Waals surface area contributed by atoms with E-state index in [0.29, 0.717) is 11.8 Å². The molecule has 3 nitrogen and oxygen atoms in total. The molecule has 6 atom stereocenters. The van der Waals surface area contributed by atoms with Gasteiger partial charge in [-0.3, -0.25) is 4.79 Å². The Labute approximate surface area is 164 Å². The number of rotatable bonds is 0. The second kappa shape index (κ2) is 5.49. The van der Waals surface area contributed by atoms with Crippen molar-refractivity contribution in [1.82, 2.24) is 0 Å². The van der Waals surface area contributed by atoms with E-state index < -0.39 is 0 Å². The lowest BCUT2D eigenvalue weighted by molar-refractivity contribution is -0.225. The Morgan fingerprint density at radius 1 is 1.11 bits per heavy atom. The highest BCUT2D eigenvalue weighted by Gasteiger charge is 2.70. The van der Waals surface area contributed by atoms with Crippen LogP contribution in [0, 0.1) is 28.1 Å². The van der Waals surface area contributed by atoms with Crippen LogP contribution in [0.25, 0.3) is 0 Å². The van der Waals surface area contributed by atoms with Gasteiger partial charge in [0.25, 0.3) is 0 Å². The average Bonchev–Trinajstić information content (AvgIpc) is 2.92. The lowest BCUT2D eigenvalue weighted by Crippen LogP contribution is -2.64. The lowest BCUT2D eigenvalue weighted by atomic mass is 9.43. The second-order valence-corrected chi connectivity index (χ2v) is 11.0. The van der Waals surface area contributed by atoms with E-state index in [9.17, 15) is 9.90 Å². The van der Waals surface area contributed by atoms with Crippen LogP contribution in [0.2, 0.25) is 0 Å². The normalized spacial score (nSPS) is 48.8. The van der Waals surface area contributed by atoms with Gasteiger partial charge in [-0.2, -0.15) is 0 Å². The van der Waals surface area contributed by atoms with Crippen LogP contribution in [-0.2, 0) is 9.53 Å². The Kier molecular flexibility index (Phi) is 3.91. The smallest absolute Gasteiger partial charge is 0.184 e. The van der Waals surface area contributed by atoms with Gasteiger partial charge in [0.2, 0.25) is 0 Å². The summed E-state index contributed by atoms with van der Waals surface area (Å²) in [5.74, 6) is 1.89. The van der Waals surface area contributed by atoms with Gasteiger partial charge in [-0.1, -0.05) is 33.3 Å². The minimum atomic E-state index is -0.265. The zero-order valence-corrected chi connectivity index (χ0v) is 18.1. The van der Waals surface area contributed by atoms with Crippen LogP contribution in [0.15, 0.2) is 23.0 Å². The van der Waals surface area contributed by atoms with Crippen molar-refractivity contribution in [3.63, 3.8) is 0 Å². The number of carbonyl (C=O) groups is 1. The van der Waals surface area contributed by atoms with Gasteiger partial charge in [-0.15, -0.1) is 0 Å². The number of hydrogen-bond acceptors (Lipinski definition) is 3. The van der Waals surface area contributed by atoms with Crippen LogP contribution in [0.5, 0.6) is 0 Å². The zero-order valence-electron chi connectivity index (χ0n) is 18.1. The largest absolute Gasteiger partial charge is 0.489 e. The molecule has 1 N–H and O–H groups in total. The maximum atomic E-state index is 12.5. The summed E-state index contributed by atoms with van der Waals surface area (Å²) < 4.78 is 7.00. The Morgan fingerprint density at radius 2 is 1.78 bits per heavy atom. The molecule has 150 valence electrons. The summed E-state index contributed by atoms with van der Waals surface area (Å²) in [5.41, 5.74) is 1.37. The molecule has 1 saturated heterocycles. The molecular formula is C24H36O3. The first-order valence-electron chi connectivity index (χ1n) is 10.7. The van der Waals surface area contributed by atoms with E-state index in [4.69, 9.17) is 4.74 Å². The summed E-state index contributed by atoms with van der Waals surface area (Å²) in [6, 6.07) is 0. The molecule has 0 radical (unpaired) electrons. The van der Waals surface area contributed by atoms with E-state index in [1.165, 1.54) is 0 Å². The fourth-order valence-corrected chi connectivity index (χ4v) is 7.36. The van der Waals surface area contributed by atoms with Gasteiger partial charge >= 0.3 is 0 Å². The van der Waals surface area contributed by atoms with Crippen molar-refractivity contribution in [2.24, 2.45) is 28.1 Å². The van der Waals surface area contributed by atoms with Crippen LogP contribution >= 0.6 is 0 Å². The molecule has 3 aliphatic carbocycles. The maximum absolute atomic E-state index is 12.5. The van der Waals surface area contributed by atoms with E-state index in [1.54, 1.807) is 0 Å². The third-order valence-corrected chi connectivity index (χ3v) is 9.44. The number of ether oxygens (including phenoxy) is 1. The molecule has 1 spiro atoms. The SMILES string of the molecule is CC1=CC(=O)C(C)=C2O[C@@]3(C[C@]12C)[C@@H](C)CC[C@H]1C(C)(C)[C@@H](O)CC[C@@]13C. The molecule has 0 aromatic rings. The molecule has 1 heterocycles. The first kappa shape index (κ1) is 19.2. The molecule has 0 amide bonds. The fraction of sp³-hybridized carbons (Fsp3) is 0.792. The third kappa shape index (κ3) is 2.15. The molecule has 0 unspecified atom stereocenters. The summed E-state index contributed by atoms with van der Waals surface area (Å²) in [7, 11) is 0. The number of aliphatic hydroxyl groups is 1. The van der Waals surface area contributed by atoms with Gasteiger partial charge in [0.15, 0.2) is 5.78 Å². The van der Waals surface area contributed by atoms with Gasteiger partial charge in [0.05, 0.1) is 11.5 Å². The molecule has 3 fully saturated rings. The van der Waals surface area contributed by atoms with Crippen molar-refractivity contribution in [2.75, 3.05) is 0 Å². The molecule has 3 heteroatoms. The predicted molar refractivity (Wildman–Crippen MR) is 107 cm³/mol.